The van der Waals surface area contributed by atoms with E-state index in [9.17, 15) is 0 Å². The quantitative estimate of drug-likeness (QED) is 0.0963. The molecule has 1 N–H and O–H groups in total. The fraction of sp³-hybridized carbons (Fsp3) is 0.455. The lowest BCUT2D eigenvalue weighted by atomic mass is 9.93. The van der Waals surface area contributed by atoms with Gasteiger partial charge in [-0.3, -0.25) is 0 Å². The lowest BCUT2D eigenvalue weighted by Gasteiger charge is -2.39. The molecule has 51 heavy (non-hydrogen) atoms. The number of para-hydroxylation sites is 4. The second-order valence-corrected chi connectivity index (χ2v) is 14.5. The van der Waals surface area contributed by atoms with Crippen LogP contribution in [0.1, 0.15) is 65.2 Å². The topological polar surface area (TPSA) is 52.2 Å². The number of hydrogen-bond donors (Lipinski definition) is 1. The predicted molar refractivity (Wildman–Crippen MR) is 215 cm³/mol. The molecule has 4 aromatic rings. The maximum atomic E-state index is 6.24. The summed E-state index contributed by atoms with van der Waals surface area (Å²) in [5.74, 6) is 3.90. The number of ether oxygens (including phenoxy) is 4. The van der Waals surface area contributed by atoms with Gasteiger partial charge in [0.1, 0.15) is 34.2 Å². The molecule has 6 nitrogen and oxygen atoms in total. The molecule has 2 aliphatic rings. The normalized spacial score (nSPS) is 16.3. The van der Waals surface area contributed by atoms with Crippen molar-refractivity contribution < 1.29 is 18.9 Å². The summed E-state index contributed by atoms with van der Waals surface area (Å²) in [6, 6.07) is 40.2. The third kappa shape index (κ3) is 16.6. The molecule has 0 bridgehead atoms. The van der Waals surface area contributed by atoms with Crippen LogP contribution in [0.15, 0.2) is 121 Å². The maximum absolute atomic E-state index is 6.24. The molecular formula is C44H59BrN2O4. The molecule has 2 fully saturated rings. The van der Waals surface area contributed by atoms with Crippen LogP contribution in [0.4, 0.5) is 0 Å². The molecule has 0 unspecified atom stereocenters. The molecule has 0 amide bonds. The van der Waals surface area contributed by atoms with Crippen LogP contribution in [0.3, 0.4) is 0 Å². The number of rotatable bonds is 15. The summed E-state index contributed by atoms with van der Waals surface area (Å²) in [7, 11) is 0. The molecule has 0 spiro atoms. The Morgan fingerprint density at radius 2 is 0.922 bits per heavy atom. The third-order valence-electron chi connectivity index (χ3n) is 9.21. The average Bonchev–Trinajstić information content (AvgIpc) is 3.16. The van der Waals surface area contributed by atoms with Crippen LogP contribution in [0.2, 0.25) is 0 Å². The van der Waals surface area contributed by atoms with Gasteiger partial charge in [-0.1, -0.05) is 88.7 Å². The molecule has 0 aromatic heterocycles. The van der Waals surface area contributed by atoms with E-state index in [-0.39, 0.29) is 11.2 Å². The molecule has 0 atom stereocenters. The average molecular weight is 760 g/mol. The van der Waals surface area contributed by atoms with Crippen molar-refractivity contribution in [2.45, 2.75) is 76.4 Å². The molecule has 4 aromatic carbocycles. The van der Waals surface area contributed by atoms with Crippen LogP contribution >= 0.6 is 15.9 Å². The first kappa shape index (κ1) is 40.3. The molecule has 0 radical (unpaired) electrons. The molecule has 2 saturated heterocycles. The van der Waals surface area contributed by atoms with Gasteiger partial charge in [-0.25, -0.2) is 0 Å². The van der Waals surface area contributed by atoms with Gasteiger partial charge in [0.2, 0.25) is 0 Å². The van der Waals surface area contributed by atoms with Crippen molar-refractivity contribution in [1.82, 2.24) is 10.2 Å². The van der Waals surface area contributed by atoms with E-state index in [1.54, 1.807) is 0 Å². The second kappa shape index (κ2) is 23.1. The zero-order valence-corrected chi connectivity index (χ0v) is 32.4. The number of halogens is 1. The van der Waals surface area contributed by atoms with Crippen LogP contribution in [0.5, 0.6) is 23.0 Å². The summed E-state index contributed by atoms with van der Waals surface area (Å²) < 4.78 is 23.5. The fourth-order valence-electron chi connectivity index (χ4n) is 6.00. The van der Waals surface area contributed by atoms with Crippen molar-refractivity contribution in [3.05, 3.63) is 121 Å². The van der Waals surface area contributed by atoms with Crippen LogP contribution in [0, 0.1) is 0 Å². The Balaban J connectivity index is 0.000000189. The summed E-state index contributed by atoms with van der Waals surface area (Å²) in [6.07, 6.45) is 8.91. The Bertz CT molecular complexity index is 1410. The standard InChI is InChI=1S/C22H29NO2.C12H17NO.C10H13BrO/c1-22(25-21-12-6-3-7-13-21)14-17-23(18-15-22)16-8-9-19-24-20-10-4-2-5-11-20;1-12(7-9-13-10-8-12)14-11-5-3-2-4-6-11;11-8-4-5-9-12-10-6-2-1-3-7-10/h2-7,10-13H,8-9,14-19H2,1H3;2-6,13H,7-10H2,1H3;1-3,6-7H,4-5,8-9H2. The summed E-state index contributed by atoms with van der Waals surface area (Å²) in [4.78, 5) is 2.55. The molecule has 0 saturated carbocycles. The van der Waals surface area contributed by atoms with Crippen LogP contribution < -0.4 is 24.3 Å². The van der Waals surface area contributed by atoms with Crippen molar-refractivity contribution in [3.63, 3.8) is 0 Å². The molecule has 6 rings (SSSR count). The van der Waals surface area contributed by atoms with E-state index in [0.717, 1.165) is 113 Å². The van der Waals surface area contributed by atoms with Gasteiger partial charge in [0.25, 0.3) is 0 Å². The Morgan fingerprint density at radius 3 is 1.35 bits per heavy atom. The lowest BCUT2D eigenvalue weighted by molar-refractivity contribution is 0.0161. The zero-order valence-electron chi connectivity index (χ0n) is 30.8. The van der Waals surface area contributed by atoms with Crippen molar-refractivity contribution in [2.24, 2.45) is 0 Å². The largest absolute Gasteiger partial charge is 0.494 e. The van der Waals surface area contributed by atoms with Gasteiger partial charge in [-0.15, -0.1) is 0 Å². The van der Waals surface area contributed by atoms with Crippen molar-refractivity contribution >= 4 is 15.9 Å². The number of benzene rings is 4. The first-order chi connectivity index (χ1) is 25.0. The molecular weight excluding hydrogens is 700 g/mol. The highest BCUT2D eigenvalue weighted by Crippen LogP contribution is 2.28. The van der Waals surface area contributed by atoms with Crippen molar-refractivity contribution in [2.75, 3.05) is 51.3 Å². The van der Waals surface area contributed by atoms with E-state index >= 15 is 0 Å². The van der Waals surface area contributed by atoms with E-state index in [4.69, 9.17) is 18.9 Å². The van der Waals surface area contributed by atoms with Gasteiger partial charge in [0.05, 0.1) is 13.2 Å². The molecule has 0 aliphatic carbocycles. The second-order valence-electron chi connectivity index (χ2n) is 13.7. The third-order valence-corrected chi connectivity index (χ3v) is 9.77. The summed E-state index contributed by atoms with van der Waals surface area (Å²) in [5, 5.41) is 4.41. The first-order valence-corrected chi connectivity index (χ1v) is 19.9. The predicted octanol–water partition coefficient (Wildman–Crippen LogP) is 10.2. The van der Waals surface area contributed by atoms with Crippen LogP contribution in [-0.4, -0.2) is 67.4 Å². The van der Waals surface area contributed by atoms with E-state index in [2.05, 4.69) is 40.0 Å². The monoisotopic (exact) mass is 758 g/mol. The maximum Gasteiger partial charge on any atom is 0.120 e. The van der Waals surface area contributed by atoms with Gasteiger partial charge < -0.3 is 29.2 Å². The van der Waals surface area contributed by atoms with Gasteiger partial charge in [0.15, 0.2) is 0 Å². The van der Waals surface area contributed by atoms with E-state index in [1.165, 1.54) is 12.8 Å². The van der Waals surface area contributed by atoms with Gasteiger partial charge in [-0.2, -0.15) is 0 Å². The van der Waals surface area contributed by atoms with Crippen LogP contribution in [0.25, 0.3) is 0 Å². The van der Waals surface area contributed by atoms with E-state index in [1.807, 2.05) is 121 Å². The Kier molecular flexibility index (Phi) is 18.3. The number of nitrogens with one attached hydrogen (secondary N) is 1. The minimum absolute atomic E-state index is 0.0204. The minimum atomic E-state index is -0.0335. The Labute approximate surface area is 316 Å². The van der Waals surface area contributed by atoms with E-state index < -0.39 is 0 Å². The summed E-state index contributed by atoms with van der Waals surface area (Å²) >= 11 is 3.38. The smallest absolute Gasteiger partial charge is 0.120 e. The van der Waals surface area contributed by atoms with E-state index in [0.29, 0.717) is 0 Å². The summed E-state index contributed by atoms with van der Waals surface area (Å²) in [5.41, 5.74) is -0.0130. The zero-order chi connectivity index (χ0) is 35.9. The van der Waals surface area contributed by atoms with Gasteiger partial charge in [0, 0.05) is 18.4 Å². The molecule has 7 heteroatoms. The lowest BCUT2D eigenvalue weighted by Crippen LogP contribution is -2.46. The Hall–Kier alpha value is -3.52. The molecule has 2 heterocycles. The highest BCUT2D eigenvalue weighted by molar-refractivity contribution is 9.09. The fourth-order valence-corrected chi connectivity index (χ4v) is 6.40. The van der Waals surface area contributed by atoms with Gasteiger partial charge >= 0.3 is 0 Å². The molecule has 276 valence electrons. The van der Waals surface area contributed by atoms with Gasteiger partial charge in [-0.05, 0) is 133 Å². The first-order valence-electron chi connectivity index (χ1n) is 18.8. The van der Waals surface area contributed by atoms with Crippen molar-refractivity contribution in [3.8, 4) is 23.0 Å². The number of hydrogen-bond acceptors (Lipinski definition) is 6. The highest BCUT2D eigenvalue weighted by atomic mass is 79.9. The number of piperidine rings is 2. The number of likely N-dealkylation sites (tertiary alicyclic amines) is 1. The van der Waals surface area contributed by atoms with Crippen molar-refractivity contribution in [1.29, 1.82) is 0 Å². The molecule has 2 aliphatic heterocycles. The van der Waals surface area contributed by atoms with Crippen LogP contribution in [-0.2, 0) is 0 Å². The highest BCUT2D eigenvalue weighted by Gasteiger charge is 2.32. The number of alkyl halides is 1. The SMILES string of the molecule is BrCCCCOc1ccccc1.CC1(Oc2ccccc2)CCN(CCCCOc2ccccc2)CC1.CC1(Oc2ccccc2)CCNCC1. The number of unbranched alkanes of at least 4 members (excludes halogenated alkanes) is 2. The Morgan fingerprint density at radius 1 is 0.529 bits per heavy atom. The minimum Gasteiger partial charge on any atom is -0.494 e. The summed E-state index contributed by atoms with van der Waals surface area (Å²) in [6.45, 7) is 11.5. The number of nitrogens with zero attached hydrogens (tertiary/aromatic N) is 1.